The molecule has 0 unspecified atom stereocenters. The Morgan fingerprint density at radius 2 is 1.41 bits per heavy atom. The van der Waals surface area contributed by atoms with Crippen LogP contribution in [0.2, 0.25) is 0 Å². The van der Waals surface area contributed by atoms with Gasteiger partial charge in [0.25, 0.3) is 0 Å². The molecule has 0 aromatic heterocycles. The first-order chi connectivity index (χ1) is 15.7. The minimum absolute atomic E-state index is 0.540. The molecule has 1 aromatic rings. The average molecular weight is 464 g/mol. The van der Waals surface area contributed by atoms with E-state index in [2.05, 4.69) is 22.8 Å². The predicted molar refractivity (Wildman–Crippen MR) is 141 cm³/mol. The third kappa shape index (κ3) is 13.6. The number of benzene rings is 1. The highest BCUT2D eigenvalue weighted by Gasteiger charge is 2.07. The summed E-state index contributed by atoms with van der Waals surface area (Å²) in [7, 11) is 3.23. The van der Waals surface area contributed by atoms with E-state index in [1.165, 1.54) is 83.5 Å². The van der Waals surface area contributed by atoms with Crippen molar-refractivity contribution in [2.75, 3.05) is 20.8 Å². The molecule has 5 nitrogen and oxygen atoms in total. The van der Waals surface area contributed by atoms with Crippen molar-refractivity contribution >= 4 is 23.5 Å². The van der Waals surface area contributed by atoms with E-state index in [0.29, 0.717) is 16.6 Å². The fourth-order valence-electron chi connectivity index (χ4n) is 3.74. The summed E-state index contributed by atoms with van der Waals surface area (Å²) in [6, 6.07) is 5.67. The fourth-order valence-corrected chi connectivity index (χ4v) is 3.89. The Hall–Kier alpha value is -1.82. The van der Waals surface area contributed by atoms with E-state index in [9.17, 15) is 0 Å². The molecule has 0 fully saturated rings. The zero-order valence-corrected chi connectivity index (χ0v) is 21.4. The molecular formula is C26H45N3O2S. The number of hydrazone groups is 1. The molecule has 0 amide bonds. The van der Waals surface area contributed by atoms with Crippen molar-refractivity contribution in [3.63, 3.8) is 0 Å². The Bertz CT molecular complexity index is 637. The molecule has 182 valence electrons. The highest BCUT2D eigenvalue weighted by Crippen LogP contribution is 2.29. The van der Waals surface area contributed by atoms with Gasteiger partial charge in [0.2, 0.25) is 0 Å². The first-order valence-electron chi connectivity index (χ1n) is 12.5. The first-order valence-corrected chi connectivity index (χ1v) is 12.9. The van der Waals surface area contributed by atoms with Crippen LogP contribution < -0.4 is 20.2 Å². The lowest BCUT2D eigenvalue weighted by Crippen LogP contribution is -2.32. The van der Waals surface area contributed by atoms with Crippen molar-refractivity contribution in [1.82, 2.24) is 10.7 Å². The van der Waals surface area contributed by atoms with Gasteiger partial charge in [-0.05, 0) is 30.8 Å². The summed E-state index contributed by atoms with van der Waals surface area (Å²) in [5.41, 5.74) is 3.69. The number of unbranched alkanes of at least 4 members (excludes halogenated alkanes) is 13. The van der Waals surface area contributed by atoms with E-state index in [0.717, 1.165) is 18.5 Å². The van der Waals surface area contributed by atoms with Crippen LogP contribution in [0.3, 0.4) is 0 Å². The summed E-state index contributed by atoms with van der Waals surface area (Å²) in [5, 5.41) is 7.95. The fraction of sp³-hybridized carbons (Fsp3) is 0.692. The van der Waals surface area contributed by atoms with Crippen molar-refractivity contribution in [2.24, 2.45) is 5.10 Å². The van der Waals surface area contributed by atoms with Gasteiger partial charge in [-0.15, -0.1) is 0 Å². The number of nitrogens with one attached hydrogen (secondary N) is 2. The van der Waals surface area contributed by atoms with Crippen LogP contribution in [0.1, 0.15) is 102 Å². The predicted octanol–water partition coefficient (Wildman–Crippen LogP) is 6.98. The quantitative estimate of drug-likeness (QED) is 0.100. The largest absolute Gasteiger partial charge is 0.493 e. The highest BCUT2D eigenvalue weighted by atomic mass is 32.1. The third-order valence-electron chi connectivity index (χ3n) is 5.62. The van der Waals surface area contributed by atoms with Gasteiger partial charge in [-0.3, -0.25) is 5.43 Å². The molecule has 0 spiro atoms. The number of methoxy groups -OCH3 is 2. The van der Waals surface area contributed by atoms with Crippen LogP contribution in [0.15, 0.2) is 23.3 Å². The summed E-state index contributed by atoms with van der Waals surface area (Å²) in [6.07, 6.45) is 20.8. The smallest absolute Gasteiger partial charge is 0.186 e. The molecule has 0 aliphatic rings. The maximum atomic E-state index is 5.39. The standard InChI is InChI=1S/C26H45N3O2S/c1-4-5-6-7-8-9-10-11-12-13-14-15-16-17-21-27-26(32)29-28-22-23-19-18-20-24(30-2)25(23)31-3/h18-20,22H,4-17,21H2,1-3H3,(H2,27,29,32)/b28-22-. The zero-order chi connectivity index (χ0) is 23.3. The molecule has 0 radical (unpaired) electrons. The van der Waals surface area contributed by atoms with Crippen molar-refractivity contribution in [2.45, 2.75) is 96.8 Å². The van der Waals surface area contributed by atoms with Crippen LogP contribution in [-0.4, -0.2) is 32.1 Å². The summed E-state index contributed by atoms with van der Waals surface area (Å²) >= 11 is 5.29. The molecule has 1 rings (SSSR count). The van der Waals surface area contributed by atoms with Gasteiger partial charge < -0.3 is 14.8 Å². The van der Waals surface area contributed by atoms with Crippen LogP contribution >= 0.6 is 12.2 Å². The Kier molecular flexibility index (Phi) is 17.5. The second-order valence-electron chi connectivity index (χ2n) is 8.30. The molecule has 0 saturated heterocycles. The van der Waals surface area contributed by atoms with Gasteiger partial charge in [0.1, 0.15) is 0 Å². The monoisotopic (exact) mass is 463 g/mol. The lowest BCUT2D eigenvalue weighted by atomic mass is 10.0. The van der Waals surface area contributed by atoms with Crippen molar-refractivity contribution in [3.05, 3.63) is 23.8 Å². The van der Waals surface area contributed by atoms with Crippen LogP contribution in [0, 0.1) is 0 Å². The molecule has 0 aliphatic heterocycles. The number of hydrogen-bond acceptors (Lipinski definition) is 4. The zero-order valence-electron chi connectivity index (χ0n) is 20.6. The summed E-state index contributed by atoms with van der Waals surface area (Å²) < 4.78 is 10.7. The van der Waals surface area contributed by atoms with E-state index in [1.807, 2.05) is 18.2 Å². The molecule has 32 heavy (non-hydrogen) atoms. The number of nitrogens with zero attached hydrogens (tertiary/aromatic N) is 1. The van der Waals surface area contributed by atoms with Gasteiger partial charge >= 0.3 is 0 Å². The lowest BCUT2D eigenvalue weighted by Gasteiger charge is -2.10. The van der Waals surface area contributed by atoms with Crippen LogP contribution in [0.5, 0.6) is 11.5 Å². The van der Waals surface area contributed by atoms with Gasteiger partial charge in [-0.2, -0.15) is 5.10 Å². The number of ether oxygens (including phenoxy) is 2. The molecule has 0 atom stereocenters. The van der Waals surface area contributed by atoms with Gasteiger partial charge in [0.15, 0.2) is 16.6 Å². The van der Waals surface area contributed by atoms with Crippen molar-refractivity contribution in [3.8, 4) is 11.5 Å². The minimum Gasteiger partial charge on any atom is -0.493 e. The summed E-state index contributed by atoms with van der Waals surface area (Å²) in [5.74, 6) is 1.33. The molecule has 1 aromatic carbocycles. The number of thiocarbonyl (C=S) groups is 1. The first kappa shape index (κ1) is 28.2. The number of rotatable bonds is 19. The molecular weight excluding hydrogens is 418 g/mol. The lowest BCUT2D eigenvalue weighted by molar-refractivity contribution is 0.354. The minimum atomic E-state index is 0.540. The van der Waals surface area contributed by atoms with E-state index in [-0.39, 0.29) is 0 Å². The van der Waals surface area contributed by atoms with Gasteiger partial charge in [-0.1, -0.05) is 96.5 Å². The van der Waals surface area contributed by atoms with Crippen molar-refractivity contribution in [1.29, 1.82) is 0 Å². The Labute approximate surface area is 201 Å². The van der Waals surface area contributed by atoms with E-state index in [4.69, 9.17) is 21.7 Å². The number of para-hydroxylation sites is 1. The normalized spacial score (nSPS) is 11.0. The third-order valence-corrected chi connectivity index (χ3v) is 5.85. The van der Waals surface area contributed by atoms with Crippen LogP contribution in [0.4, 0.5) is 0 Å². The van der Waals surface area contributed by atoms with Crippen molar-refractivity contribution < 1.29 is 9.47 Å². The molecule has 2 N–H and O–H groups in total. The molecule has 6 heteroatoms. The Balaban J connectivity index is 1.98. The van der Waals surface area contributed by atoms with Crippen LogP contribution in [0.25, 0.3) is 0 Å². The van der Waals surface area contributed by atoms with Gasteiger partial charge in [-0.25, -0.2) is 0 Å². The van der Waals surface area contributed by atoms with Gasteiger partial charge in [0.05, 0.1) is 20.4 Å². The molecule has 0 heterocycles. The Morgan fingerprint density at radius 3 is 1.94 bits per heavy atom. The topological polar surface area (TPSA) is 54.9 Å². The molecule has 0 saturated carbocycles. The second kappa shape index (κ2) is 19.8. The Morgan fingerprint density at radius 1 is 0.844 bits per heavy atom. The maximum absolute atomic E-state index is 5.39. The average Bonchev–Trinajstić information content (AvgIpc) is 2.81. The molecule has 0 bridgehead atoms. The van der Waals surface area contributed by atoms with Crippen LogP contribution in [-0.2, 0) is 0 Å². The van der Waals surface area contributed by atoms with E-state index >= 15 is 0 Å². The summed E-state index contributed by atoms with van der Waals surface area (Å²) in [6.45, 7) is 3.16. The SMILES string of the molecule is CCCCCCCCCCCCCCCCNC(=S)N/N=C\c1cccc(OC)c1OC. The second-order valence-corrected chi connectivity index (χ2v) is 8.71. The number of hydrogen-bond donors (Lipinski definition) is 2. The van der Waals surface area contributed by atoms with E-state index < -0.39 is 0 Å². The van der Waals surface area contributed by atoms with E-state index in [1.54, 1.807) is 20.4 Å². The maximum Gasteiger partial charge on any atom is 0.186 e. The molecule has 0 aliphatic carbocycles. The van der Waals surface area contributed by atoms with Gasteiger partial charge in [0, 0.05) is 12.1 Å². The highest BCUT2D eigenvalue weighted by molar-refractivity contribution is 7.80. The summed E-state index contributed by atoms with van der Waals surface area (Å²) in [4.78, 5) is 0.